The Morgan fingerprint density at radius 1 is 1.44 bits per heavy atom. The van der Waals surface area contributed by atoms with Crippen LogP contribution in [0.3, 0.4) is 0 Å². The van der Waals surface area contributed by atoms with Gasteiger partial charge < -0.3 is 15.8 Å². The summed E-state index contributed by atoms with van der Waals surface area (Å²) < 4.78 is 29.0. The molecule has 0 bridgehead atoms. The van der Waals surface area contributed by atoms with E-state index in [1.165, 1.54) is 10.6 Å². The molecular formula is C10H21N3O4S. The molecule has 3 N–H and O–H groups in total. The van der Waals surface area contributed by atoms with E-state index in [1.807, 2.05) is 0 Å². The van der Waals surface area contributed by atoms with E-state index >= 15 is 0 Å². The molecule has 0 atom stereocenters. The fraction of sp³-hybridized carbons (Fsp3) is 0.900. The molecule has 1 aliphatic rings. The molecule has 18 heavy (non-hydrogen) atoms. The summed E-state index contributed by atoms with van der Waals surface area (Å²) >= 11 is 0. The van der Waals surface area contributed by atoms with Crippen molar-refractivity contribution in [2.24, 2.45) is 5.73 Å². The van der Waals surface area contributed by atoms with E-state index in [2.05, 4.69) is 5.32 Å². The Balaban J connectivity index is 2.25. The number of ether oxygens (including phenoxy) is 1. The number of nitrogens with zero attached hydrogens (tertiary/aromatic N) is 1. The summed E-state index contributed by atoms with van der Waals surface area (Å²) in [6, 6.07) is 0.0250. The normalized spacial score (nSPS) is 18.8. The first-order valence-corrected chi connectivity index (χ1v) is 7.80. The predicted molar refractivity (Wildman–Crippen MR) is 67.5 cm³/mol. The number of hydrogen-bond donors (Lipinski definition) is 2. The lowest BCUT2D eigenvalue weighted by atomic mass is 10.1. The molecule has 0 aromatic carbocycles. The maximum Gasteiger partial charge on any atom is 0.246 e. The van der Waals surface area contributed by atoms with Crippen molar-refractivity contribution in [2.45, 2.75) is 18.9 Å². The average Bonchev–Trinajstić information content (AvgIpc) is 2.29. The zero-order valence-electron chi connectivity index (χ0n) is 10.6. The van der Waals surface area contributed by atoms with Gasteiger partial charge in [0.15, 0.2) is 0 Å². The number of rotatable bonds is 6. The van der Waals surface area contributed by atoms with Crippen molar-refractivity contribution in [3.8, 4) is 0 Å². The molecule has 0 aromatic rings. The molecule has 8 heteroatoms. The standard InChI is InChI=1S/C10H21N3O4S/c1-18(15,16)13-5-2-9(3-6-13)12-10(14)8-17-7-4-11/h9H,2-8,11H2,1H3,(H,12,14). The molecule has 7 nitrogen and oxygen atoms in total. The van der Waals surface area contributed by atoms with Crippen LogP contribution in [0, 0.1) is 0 Å². The van der Waals surface area contributed by atoms with E-state index in [1.54, 1.807) is 0 Å². The number of carbonyl (C=O) groups excluding carboxylic acids is 1. The molecule has 0 saturated carbocycles. The minimum atomic E-state index is -3.11. The maximum absolute atomic E-state index is 11.5. The summed E-state index contributed by atoms with van der Waals surface area (Å²) in [6.45, 7) is 1.66. The molecular weight excluding hydrogens is 258 g/mol. The first-order chi connectivity index (χ1) is 8.43. The highest BCUT2D eigenvalue weighted by molar-refractivity contribution is 7.88. The fourth-order valence-corrected chi connectivity index (χ4v) is 2.72. The van der Waals surface area contributed by atoms with Gasteiger partial charge in [0.1, 0.15) is 6.61 Å². The Labute approximate surface area is 108 Å². The topological polar surface area (TPSA) is 102 Å². The highest BCUT2D eigenvalue weighted by Gasteiger charge is 2.25. The minimum absolute atomic E-state index is 0.00346. The SMILES string of the molecule is CS(=O)(=O)N1CCC(NC(=O)COCCN)CC1. The van der Waals surface area contributed by atoms with Crippen LogP contribution in [0.25, 0.3) is 0 Å². The Hall–Kier alpha value is -0.700. The number of nitrogens with one attached hydrogen (secondary N) is 1. The van der Waals surface area contributed by atoms with E-state index in [-0.39, 0.29) is 18.6 Å². The first-order valence-electron chi connectivity index (χ1n) is 5.96. The second-order valence-electron chi connectivity index (χ2n) is 4.35. The summed E-state index contributed by atoms with van der Waals surface area (Å²) in [5.74, 6) is -0.179. The largest absolute Gasteiger partial charge is 0.370 e. The van der Waals surface area contributed by atoms with E-state index in [0.717, 1.165) is 0 Å². The summed E-state index contributed by atoms with van der Waals surface area (Å²) in [5, 5.41) is 2.82. The van der Waals surface area contributed by atoms with Gasteiger partial charge in [-0.05, 0) is 12.8 Å². The zero-order valence-corrected chi connectivity index (χ0v) is 11.4. The number of sulfonamides is 1. The molecule has 1 rings (SSSR count). The highest BCUT2D eigenvalue weighted by Crippen LogP contribution is 2.12. The van der Waals surface area contributed by atoms with Crippen LogP contribution in [0.5, 0.6) is 0 Å². The third kappa shape index (κ3) is 5.30. The minimum Gasteiger partial charge on any atom is -0.370 e. The lowest BCUT2D eigenvalue weighted by Gasteiger charge is -2.30. The van der Waals surface area contributed by atoms with E-state index in [4.69, 9.17) is 10.5 Å². The van der Waals surface area contributed by atoms with Gasteiger partial charge in [-0.3, -0.25) is 4.79 Å². The summed E-state index contributed by atoms with van der Waals surface area (Å²) in [6.07, 6.45) is 2.47. The average molecular weight is 279 g/mol. The van der Waals surface area contributed by atoms with Crippen LogP contribution in [0.2, 0.25) is 0 Å². The molecule has 0 unspecified atom stereocenters. The third-order valence-electron chi connectivity index (χ3n) is 2.78. The fourth-order valence-electron chi connectivity index (χ4n) is 1.85. The Morgan fingerprint density at radius 2 is 2.06 bits per heavy atom. The second kappa shape index (κ2) is 7.03. The monoisotopic (exact) mass is 279 g/mol. The van der Waals surface area contributed by atoms with Crippen LogP contribution in [0.15, 0.2) is 0 Å². The Morgan fingerprint density at radius 3 is 2.56 bits per heavy atom. The van der Waals surface area contributed by atoms with E-state index in [0.29, 0.717) is 39.1 Å². The van der Waals surface area contributed by atoms with Crippen LogP contribution < -0.4 is 11.1 Å². The molecule has 106 valence electrons. The maximum atomic E-state index is 11.5. The van der Waals surface area contributed by atoms with Crippen LogP contribution in [0.4, 0.5) is 0 Å². The van der Waals surface area contributed by atoms with Gasteiger partial charge in [-0.25, -0.2) is 12.7 Å². The van der Waals surface area contributed by atoms with Gasteiger partial charge in [-0.1, -0.05) is 0 Å². The molecule has 1 saturated heterocycles. The summed E-state index contributed by atoms with van der Waals surface area (Å²) in [4.78, 5) is 11.5. The molecule has 1 aliphatic heterocycles. The summed E-state index contributed by atoms with van der Waals surface area (Å²) in [5.41, 5.74) is 5.24. The van der Waals surface area contributed by atoms with Gasteiger partial charge in [0.25, 0.3) is 0 Å². The number of hydrogen-bond acceptors (Lipinski definition) is 5. The lowest BCUT2D eigenvalue weighted by molar-refractivity contribution is -0.126. The third-order valence-corrected chi connectivity index (χ3v) is 4.09. The smallest absolute Gasteiger partial charge is 0.246 e. The Kier molecular flexibility index (Phi) is 6.00. The van der Waals surface area contributed by atoms with Crippen molar-refractivity contribution >= 4 is 15.9 Å². The highest BCUT2D eigenvalue weighted by atomic mass is 32.2. The number of carbonyl (C=O) groups is 1. The molecule has 1 amide bonds. The molecule has 0 spiro atoms. The molecule has 0 aromatic heterocycles. The van der Waals surface area contributed by atoms with Gasteiger partial charge in [0.05, 0.1) is 12.9 Å². The quantitative estimate of drug-likeness (QED) is 0.576. The van der Waals surface area contributed by atoms with Crippen molar-refractivity contribution in [3.05, 3.63) is 0 Å². The van der Waals surface area contributed by atoms with Crippen molar-refractivity contribution in [2.75, 3.05) is 39.1 Å². The van der Waals surface area contributed by atoms with Gasteiger partial charge in [0, 0.05) is 25.7 Å². The lowest BCUT2D eigenvalue weighted by Crippen LogP contribution is -2.47. The van der Waals surface area contributed by atoms with Crippen molar-refractivity contribution in [3.63, 3.8) is 0 Å². The van der Waals surface area contributed by atoms with E-state index in [9.17, 15) is 13.2 Å². The van der Waals surface area contributed by atoms with Crippen molar-refractivity contribution < 1.29 is 17.9 Å². The number of amides is 1. The number of nitrogens with two attached hydrogens (primary N) is 1. The van der Waals surface area contributed by atoms with Crippen LogP contribution >= 0.6 is 0 Å². The first kappa shape index (κ1) is 15.4. The van der Waals surface area contributed by atoms with Gasteiger partial charge in [-0.2, -0.15) is 0 Å². The molecule has 0 radical (unpaired) electrons. The van der Waals surface area contributed by atoms with Crippen molar-refractivity contribution in [1.82, 2.24) is 9.62 Å². The predicted octanol–water partition coefficient (Wildman–Crippen LogP) is -1.50. The van der Waals surface area contributed by atoms with Crippen LogP contribution in [-0.2, 0) is 19.6 Å². The molecule has 0 aliphatic carbocycles. The zero-order chi connectivity index (χ0) is 13.6. The summed E-state index contributed by atoms with van der Waals surface area (Å²) in [7, 11) is -3.11. The van der Waals surface area contributed by atoms with Crippen LogP contribution in [0.1, 0.15) is 12.8 Å². The number of piperidine rings is 1. The van der Waals surface area contributed by atoms with Crippen molar-refractivity contribution in [1.29, 1.82) is 0 Å². The van der Waals surface area contributed by atoms with Gasteiger partial charge >= 0.3 is 0 Å². The van der Waals surface area contributed by atoms with Crippen LogP contribution in [-0.4, -0.2) is 63.8 Å². The molecule has 1 fully saturated rings. The van der Waals surface area contributed by atoms with Gasteiger partial charge in [0.2, 0.25) is 15.9 Å². The Bertz CT molecular complexity index is 363. The molecule has 1 heterocycles. The van der Waals surface area contributed by atoms with Gasteiger partial charge in [-0.15, -0.1) is 0 Å². The second-order valence-corrected chi connectivity index (χ2v) is 6.33. The van der Waals surface area contributed by atoms with E-state index < -0.39 is 10.0 Å².